The zero-order valence-corrected chi connectivity index (χ0v) is 12.2. The minimum absolute atomic E-state index is 0.139. The Morgan fingerprint density at radius 3 is 2.84 bits per heavy atom. The Morgan fingerprint density at radius 2 is 2.21 bits per heavy atom. The van der Waals surface area contributed by atoms with E-state index in [1.165, 1.54) is 23.7 Å². The van der Waals surface area contributed by atoms with Gasteiger partial charge < -0.3 is 5.32 Å². The topological polar surface area (TPSA) is 84.0 Å². The van der Waals surface area contributed by atoms with Crippen molar-refractivity contribution >= 4 is 27.0 Å². The molecule has 0 fully saturated rings. The maximum atomic E-state index is 12.2. The number of hydrogen-bond acceptors (Lipinski definition) is 6. The van der Waals surface area contributed by atoms with Gasteiger partial charge in [-0.15, -0.1) is 11.3 Å². The minimum atomic E-state index is -3.59. The lowest BCUT2D eigenvalue weighted by molar-refractivity contribution is 0.581. The second-order valence-electron chi connectivity index (χ2n) is 3.81. The summed E-state index contributed by atoms with van der Waals surface area (Å²) in [6, 6.07) is 1.62. The maximum absolute atomic E-state index is 12.2. The average molecular weight is 298 g/mol. The van der Waals surface area contributed by atoms with Gasteiger partial charge in [0.2, 0.25) is 10.0 Å². The van der Waals surface area contributed by atoms with Crippen molar-refractivity contribution in [2.45, 2.75) is 18.4 Å². The zero-order chi connectivity index (χ0) is 13.9. The molecule has 2 heterocycles. The van der Waals surface area contributed by atoms with Gasteiger partial charge in [-0.25, -0.2) is 18.1 Å². The van der Waals surface area contributed by atoms with Gasteiger partial charge in [0.1, 0.15) is 4.90 Å². The highest BCUT2D eigenvalue weighted by Gasteiger charge is 2.18. The quantitative estimate of drug-likeness (QED) is 0.871. The number of pyridine rings is 1. The van der Waals surface area contributed by atoms with Gasteiger partial charge in [-0.1, -0.05) is 0 Å². The van der Waals surface area contributed by atoms with E-state index in [1.807, 2.05) is 6.92 Å². The van der Waals surface area contributed by atoms with E-state index < -0.39 is 10.0 Å². The summed E-state index contributed by atoms with van der Waals surface area (Å²) in [6.07, 6.45) is 2.87. The van der Waals surface area contributed by atoms with Crippen LogP contribution < -0.4 is 10.0 Å². The predicted molar refractivity (Wildman–Crippen MR) is 74.7 cm³/mol. The molecule has 0 atom stereocenters. The van der Waals surface area contributed by atoms with Crippen LogP contribution in [0.1, 0.15) is 10.6 Å². The number of nitrogens with one attached hydrogen (secondary N) is 2. The predicted octanol–water partition coefficient (Wildman–Crippen LogP) is 1.37. The summed E-state index contributed by atoms with van der Waals surface area (Å²) >= 11 is 1.43. The number of thiazole rings is 1. The van der Waals surface area contributed by atoms with E-state index in [4.69, 9.17) is 0 Å². The highest BCUT2D eigenvalue weighted by atomic mass is 32.2. The van der Waals surface area contributed by atoms with Crippen molar-refractivity contribution in [3.8, 4) is 0 Å². The third kappa shape index (κ3) is 3.09. The summed E-state index contributed by atoms with van der Waals surface area (Å²) in [7, 11) is -1.92. The Kier molecular flexibility index (Phi) is 4.13. The van der Waals surface area contributed by atoms with Crippen molar-refractivity contribution in [3.05, 3.63) is 34.5 Å². The standard InChI is InChI=1S/C11H14N4O2S2/c1-8-10(18-7-14-8)5-15-19(16,17)11-6-13-4-3-9(11)12-2/h3-4,6-7,15H,5H2,1-2H3,(H,12,13). The Balaban J connectivity index is 2.21. The van der Waals surface area contributed by atoms with Crippen molar-refractivity contribution in [2.75, 3.05) is 12.4 Å². The number of aromatic nitrogens is 2. The van der Waals surface area contributed by atoms with Crippen molar-refractivity contribution < 1.29 is 8.42 Å². The molecule has 0 aliphatic rings. The van der Waals surface area contributed by atoms with Gasteiger partial charge in [0.25, 0.3) is 0 Å². The lowest BCUT2D eigenvalue weighted by atomic mass is 10.4. The SMILES string of the molecule is CNc1ccncc1S(=O)(=O)NCc1scnc1C. The highest BCUT2D eigenvalue weighted by molar-refractivity contribution is 7.89. The van der Waals surface area contributed by atoms with Gasteiger partial charge in [-0.2, -0.15) is 0 Å². The molecule has 0 unspecified atom stereocenters. The van der Waals surface area contributed by atoms with Crippen molar-refractivity contribution in [2.24, 2.45) is 0 Å². The van der Waals surface area contributed by atoms with E-state index in [0.29, 0.717) is 5.69 Å². The Hall–Kier alpha value is -1.51. The molecular weight excluding hydrogens is 284 g/mol. The fourth-order valence-electron chi connectivity index (χ4n) is 1.53. The molecular formula is C11H14N4O2S2. The van der Waals surface area contributed by atoms with E-state index in [9.17, 15) is 8.42 Å². The average Bonchev–Trinajstić information content (AvgIpc) is 2.82. The molecule has 2 aromatic heterocycles. The first-order valence-corrected chi connectivity index (χ1v) is 7.91. The van der Waals surface area contributed by atoms with Crippen molar-refractivity contribution in [1.82, 2.24) is 14.7 Å². The number of hydrogen-bond donors (Lipinski definition) is 2. The molecule has 0 spiro atoms. The monoisotopic (exact) mass is 298 g/mol. The lowest BCUT2D eigenvalue weighted by Crippen LogP contribution is -2.24. The summed E-state index contributed by atoms with van der Waals surface area (Å²) in [5.74, 6) is 0. The summed E-state index contributed by atoms with van der Waals surface area (Å²) in [5.41, 5.74) is 3.05. The molecule has 19 heavy (non-hydrogen) atoms. The summed E-state index contributed by atoms with van der Waals surface area (Å²) < 4.78 is 27.0. The van der Waals surface area contributed by atoms with Crippen molar-refractivity contribution in [3.63, 3.8) is 0 Å². The van der Waals surface area contributed by atoms with Gasteiger partial charge in [0, 0.05) is 30.9 Å². The molecule has 2 rings (SSSR count). The molecule has 0 aromatic carbocycles. The van der Waals surface area contributed by atoms with Gasteiger partial charge >= 0.3 is 0 Å². The first kappa shape index (κ1) is 13.9. The fourth-order valence-corrected chi connectivity index (χ4v) is 3.49. The van der Waals surface area contributed by atoms with Gasteiger partial charge in [-0.05, 0) is 13.0 Å². The lowest BCUT2D eigenvalue weighted by Gasteiger charge is -2.10. The molecule has 0 aliphatic carbocycles. The Bertz CT molecular complexity index is 667. The molecule has 0 saturated heterocycles. The van der Waals surface area contributed by atoms with Crippen LogP contribution in [0.3, 0.4) is 0 Å². The molecule has 2 aromatic rings. The third-order valence-corrected chi connectivity index (χ3v) is 4.97. The second kappa shape index (κ2) is 5.64. The zero-order valence-electron chi connectivity index (χ0n) is 10.5. The second-order valence-corrected chi connectivity index (χ2v) is 6.48. The Labute approximate surface area is 116 Å². The van der Waals surface area contributed by atoms with Crippen LogP contribution in [0.2, 0.25) is 0 Å². The largest absolute Gasteiger partial charge is 0.387 e. The van der Waals surface area contributed by atoms with Crippen LogP contribution in [0, 0.1) is 6.92 Å². The first-order valence-electron chi connectivity index (χ1n) is 5.55. The molecule has 0 bridgehead atoms. The van der Waals surface area contributed by atoms with Crippen molar-refractivity contribution in [1.29, 1.82) is 0 Å². The third-order valence-electron chi connectivity index (χ3n) is 2.61. The summed E-state index contributed by atoms with van der Waals surface area (Å²) in [6.45, 7) is 2.08. The molecule has 0 amide bonds. The number of nitrogens with zero attached hydrogens (tertiary/aromatic N) is 2. The maximum Gasteiger partial charge on any atom is 0.244 e. The van der Waals surface area contributed by atoms with Crippen LogP contribution in [-0.4, -0.2) is 25.4 Å². The summed E-state index contributed by atoms with van der Waals surface area (Å²) in [4.78, 5) is 8.98. The smallest absolute Gasteiger partial charge is 0.244 e. The molecule has 0 aliphatic heterocycles. The van der Waals surface area contributed by atoms with E-state index in [0.717, 1.165) is 10.6 Å². The number of aryl methyl sites for hydroxylation is 1. The van der Waals surface area contributed by atoms with Gasteiger partial charge in [0.15, 0.2) is 0 Å². The first-order chi connectivity index (χ1) is 9.04. The number of rotatable bonds is 5. The minimum Gasteiger partial charge on any atom is -0.387 e. The number of anilines is 1. The normalized spacial score (nSPS) is 11.5. The van der Waals surface area contributed by atoms with E-state index >= 15 is 0 Å². The Morgan fingerprint density at radius 1 is 1.42 bits per heavy atom. The molecule has 0 saturated carbocycles. The van der Waals surface area contributed by atoms with Crippen LogP contribution in [0.4, 0.5) is 5.69 Å². The van der Waals surface area contributed by atoms with Crippen LogP contribution in [0.25, 0.3) is 0 Å². The fraction of sp³-hybridized carbons (Fsp3) is 0.273. The van der Waals surface area contributed by atoms with E-state index in [-0.39, 0.29) is 11.4 Å². The van der Waals surface area contributed by atoms with Crippen LogP contribution in [0.5, 0.6) is 0 Å². The molecule has 6 nitrogen and oxygen atoms in total. The van der Waals surface area contributed by atoms with Crippen LogP contribution >= 0.6 is 11.3 Å². The summed E-state index contributed by atoms with van der Waals surface area (Å²) in [5, 5.41) is 2.84. The van der Waals surface area contributed by atoms with E-state index in [1.54, 1.807) is 18.6 Å². The van der Waals surface area contributed by atoms with Crippen LogP contribution in [0.15, 0.2) is 28.9 Å². The van der Waals surface area contributed by atoms with Crippen LogP contribution in [-0.2, 0) is 16.6 Å². The van der Waals surface area contributed by atoms with Gasteiger partial charge in [0.05, 0.1) is 16.9 Å². The molecule has 8 heteroatoms. The highest BCUT2D eigenvalue weighted by Crippen LogP contribution is 2.19. The number of sulfonamides is 1. The van der Waals surface area contributed by atoms with Gasteiger partial charge in [-0.3, -0.25) is 4.98 Å². The molecule has 0 radical (unpaired) electrons. The molecule has 2 N–H and O–H groups in total. The molecule has 102 valence electrons. The van der Waals surface area contributed by atoms with E-state index in [2.05, 4.69) is 20.0 Å².